The van der Waals surface area contributed by atoms with Gasteiger partial charge in [0.2, 0.25) is 0 Å². The van der Waals surface area contributed by atoms with Gasteiger partial charge >= 0.3 is 6.18 Å². The van der Waals surface area contributed by atoms with Crippen LogP contribution >= 0.6 is 0 Å². The van der Waals surface area contributed by atoms with Crippen molar-refractivity contribution in [3.63, 3.8) is 0 Å². The van der Waals surface area contributed by atoms with Gasteiger partial charge in [0.25, 0.3) is 5.91 Å². The molecule has 0 spiro atoms. The van der Waals surface area contributed by atoms with Crippen LogP contribution in [0, 0.1) is 17.7 Å². The van der Waals surface area contributed by atoms with Gasteiger partial charge in [0, 0.05) is 13.1 Å². The number of alkyl halides is 3. The van der Waals surface area contributed by atoms with Crippen LogP contribution in [-0.2, 0) is 17.9 Å². The highest BCUT2D eigenvalue weighted by Crippen LogP contribution is 2.40. The molecule has 3 heterocycles. The van der Waals surface area contributed by atoms with Crippen molar-refractivity contribution in [3.8, 4) is 5.75 Å². The minimum Gasteiger partial charge on any atom is -0.490 e. The number of nitrogens with one attached hydrogen (secondary N) is 1. The molecule has 3 aliphatic rings. The molecule has 1 saturated heterocycles. The maximum absolute atomic E-state index is 14.5. The van der Waals surface area contributed by atoms with Crippen LogP contribution in [0.5, 0.6) is 5.75 Å². The van der Waals surface area contributed by atoms with Crippen LogP contribution < -0.4 is 10.1 Å². The lowest BCUT2D eigenvalue weighted by Crippen LogP contribution is -2.38. The molecule has 1 unspecified atom stereocenters. The van der Waals surface area contributed by atoms with Crippen LogP contribution in [0.1, 0.15) is 24.0 Å². The van der Waals surface area contributed by atoms with Crippen molar-refractivity contribution in [1.82, 2.24) is 10.2 Å². The highest BCUT2D eigenvalue weighted by molar-refractivity contribution is 5.83. The maximum Gasteiger partial charge on any atom is 0.406 e. The number of amides is 1. The molecule has 1 amide bonds. The largest absolute Gasteiger partial charge is 0.490 e. The zero-order valence-corrected chi connectivity index (χ0v) is 15.5. The minimum absolute atomic E-state index is 0.0576. The van der Waals surface area contributed by atoms with E-state index >= 15 is 0 Å². The van der Waals surface area contributed by atoms with Crippen LogP contribution in [0.3, 0.4) is 0 Å². The van der Waals surface area contributed by atoms with Crippen LogP contribution in [0.4, 0.5) is 17.6 Å². The number of halogens is 4. The quantitative estimate of drug-likeness (QED) is 0.769. The van der Waals surface area contributed by atoms with Gasteiger partial charge in [-0.3, -0.25) is 4.79 Å². The second-order valence-electron chi connectivity index (χ2n) is 7.49. The Morgan fingerprint density at radius 2 is 1.86 bits per heavy atom. The molecule has 1 atom stereocenters. The first-order chi connectivity index (χ1) is 13.8. The Labute approximate surface area is 164 Å². The lowest BCUT2D eigenvalue weighted by atomic mass is 9.99. The molecule has 4 rings (SSSR count). The Morgan fingerprint density at radius 3 is 2.55 bits per heavy atom. The molecule has 0 radical (unpaired) electrons. The molecular formula is C19H20F4N4O2. The Balaban J connectivity index is 1.50. The number of hydrogen-bond donors (Lipinski definition) is 1. The molecule has 0 aliphatic carbocycles. The number of azo groups is 1. The first-order valence-electron chi connectivity index (χ1n) is 9.44. The second-order valence-corrected chi connectivity index (χ2v) is 7.49. The molecule has 0 saturated carbocycles. The smallest absolute Gasteiger partial charge is 0.406 e. The first kappa shape index (κ1) is 19.8. The van der Waals surface area contributed by atoms with Gasteiger partial charge in [0.1, 0.15) is 0 Å². The molecule has 10 heteroatoms. The van der Waals surface area contributed by atoms with Gasteiger partial charge in [-0.25, -0.2) is 4.39 Å². The van der Waals surface area contributed by atoms with Gasteiger partial charge in [0.15, 0.2) is 17.5 Å². The topological polar surface area (TPSA) is 66.3 Å². The average molecular weight is 412 g/mol. The first-order valence-corrected chi connectivity index (χ1v) is 9.44. The van der Waals surface area contributed by atoms with Crippen LogP contribution in [0.25, 0.3) is 0 Å². The lowest BCUT2D eigenvalue weighted by molar-refractivity contribution is -0.177. The minimum atomic E-state index is -4.77. The van der Waals surface area contributed by atoms with Crippen LogP contribution in [0.2, 0.25) is 0 Å². The Hall–Kier alpha value is -2.49. The molecule has 156 valence electrons. The fourth-order valence-corrected chi connectivity index (χ4v) is 3.92. The number of fused-ring (bicyclic) bond motifs is 1. The van der Waals surface area contributed by atoms with Crippen molar-refractivity contribution in [2.75, 3.05) is 19.7 Å². The summed E-state index contributed by atoms with van der Waals surface area (Å²) in [4.78, 5) is 13.1. The van der Waals surface area contributed by atoms with Crippen LogP contribution in [0.15, 0.2) is 34.3 Å². The summed E-state index contributed by atoms with van der Waals surface area (Å²) in [6.07, 6.45) is -1.91. The third kappa shape index (κ3) is 4.12. The maximum atomic E-state index is 14.5. The SMILES string of the molecule is O=C1N=NC=C(N2Cc3cc(F)c(OCC4CCNCC4)cc3C2)C1C(F)(F)F. The number of carbonyl (C=O) groups is 1. The highest BCUT2D eigenvalue weighted by Gasteiger charge is 2.50. The molecule has 0 aromatic heterocycles. The molecule has 29 heavy (non-hydrogen) atoms. The Bertz CT molecular complexity index is 863. The molecule has 1 aromatic carbocycles. The number of rotatable bonds is 4. The summed E-state index contributed by atoms with van der Waals surface area (Å²) in [5, 5.41) is 9.67. The summed E-state index contributed by atoms with van der Waals surface area (Å²) in [5.41, 5.74) is 0.961. The Morgan fingerprint density at radius 1 is 1.17 bits per heavy atom. The van der Waals surface area contributed by atoms with E-state index in [1.54, 1.807) is 6.07 Å². The van der Waals surface area contributed by atoms with E-state index in [-0.39, 0.29) is 24.5 Å². The lowest BCUT2D eigenvalue weighted by Gasteiger charge is -2.28. The molecule has 3 aliphatic heterocycles. The number of nitrogens with zero attached hydrogens (tertiary/aromatic N) is 3. The van der Waals surface area contributed by atoms with Gasteiger partial charge in [-0.15, -0.1) is 5.11 Å². The van der Waals surface area contributed by atoms with Crippen molar-refractivity contribution in [2.24, 2.45) is 22.1 Å². The van der Waals surface area contributed by atoms with E-state index in [0.717, 1.165) is 32.1 Å². The number of benzene rings is 1. The normalized spacial score (nSPS) is 22.6. The van der Waals surface area contributed by atoms with Crippen molar-refractivity contribution in [3.05, 3.63) is 41.0 Å². The summed E-state index contributed by atoms with van der Waals surface area (Å²) >= 11 is 0. The predicted molar refractivity (Wildman–Crippen MR) is 94.2 cm³/mol. The van der Waals surface area contributed by atoms with E-state index in [9.17, 15) is 22.4 Å². The van der Waals surface area contributed by atoms with Gasteiger partial charge in [0.05, 0.1) is 18.5 Å². The number of carbonyl (C=O) groups excluding carboxylic acids is 1. The van der Waals surface area contributed by atoms with Gasteiger partial charge < -0.3 is 15.0 Å². The molecule has 1 fully saturated rings. The predicted octanol–water partition coefficient (Wildman–Crippen LogP) is 3.53. The summed E-state index contributed by atoms with van der Waals surface area (Å²) in [7, 11) is 0. The molecule has 6 nitrogen and oxygen atoms in total. The van der Waals surface area contributed by atoms with Gasteiger partial charge in [-0.1, -0.05) is 0 Å². The van der Waals surface area contributed by atoms with E-state index in [2.05, 4.69) is 15.5 Å². The van der Waals surface area contributed by atoms with E-state index < -0.39 is 23.8 Å². The molecule has 0 bridgehead atoms. The summed E-state index contributed by atoms with van der Waals surface area (Å²) in [6.45, 7) is 2.38. The van der Waals surface area contributed by atoms with E-state index in [0.29, 0.717) is 23.7 Å². The van der Waals surface area contributed by atoms with E-state index in [4.69, 9.17) is 4.74 Å². The highest BCUT2D eigenvalue weighted by atomic mass is 19.4. The molecular weight excluding hydrogens is 392 g/mol. The standard InChI is InChI=1S/C19H20F4N4O2/c20-14-5-12-8-27(15-7-25-26-18(28)17(15)19(21,22)23)9-13(12)6-16(14)29-10-11-1-3-24-4-2-11/h5-7,11,17,24H,1-4,8-10H2. The van der Waals surface area contributed by atoms with Crippen molar-refractivity contribution in [2.45, 2.75) is 32.1 Å². The number of ether oxygens (including phenoxy) is 1. The number of piperidine rings is 1. The van der Waals surface area contributed by atoms with Gasteiger partial charge in [-0.05, 0) is 55.1 Å². The number of hydrogen-bond acceptors (Lipinski definition) is 5. The summed E-state index contributed by atoms with van der Waals surface area (Å²) < 4.78 is 60.2. The second kappa shape index (κ2) is 7.74. The molecule has 1 aromatic rings. The van der Waals surface area contributed by atoms with Crippen molar-refractivity contribution in [1.29, 1.82) is 0 Å². The zero-order valence-electron chi connectivity index (χ0n) is 15.5. The summed E-state index contributed by atoms with van der Waals surface area (Å²) in [5.74, 6) is -3.79. The fraction of sp³-hybridized carbons (Fsp3) is 0.526. The third-order valence-corrected chi connectivity index (χ3v) is 5.49. The summed E-state index contributed by atoms with van der Waals surface area (Å²) in [6, 6.07) is 2.84. The van der Waals surface area contributed by atoms with Crippen molar-refractivity contribution >= 4 is 5.91 Å². The third-order valence-electron chi connectivity index (χ3n) is 5.49. The van der Waals surface area contributed by atoms with Crippen LogP contribution in [-0.4, -0.2) is 36.7 Å². The average Bonchev–Trinajstić information content (AvgIpc) is 3.08. The molecule has 1 N–H and O–H groups in total. The van der Waals surface area contributed by atoms with Gasteiger partial charge in [-0.2, -0.15) is 18.3 Å². The monoisotopic (exact) mass is 412 g/mol. The fourth-order valence-electron chi connectivity index (χ4n) is 3.92. The Kier molecular flexibility index (Phi) is 5.28. The zero-order chi connectivity index (χ0) is 20.6. The van der Waals surface area contributed by atoms with Crippen molar-refractivity contribution < 1.29 is 27.1 Å². The van der Waals surface area contributed by atoms with E-state index in [1.807, 2.05) is 0 Å². The van der Waals surface area contributed by atoms with E-state index in [1.165, 1.54) is 11.0 Å².